The first-order valence-corrected chi connectivity index (χ1v) is 8.07. The molecule has 1 aromatic carbocycles. The lowest BCUT2D eigenvalue weighted by molar-refractivity contribution is 0.101. The number of amides is 1. The van der Waals surface area contributed by atoms with Gasteiger partial charge < -0.3 is 5.32 Å². The molecule has 8 heteroatoms. The van der Waals surface area contributed by atoms with E-state index in [4.69, 9.17) is 0 Å². The van der Waals surface area contributed by atoms with Gasteiger partial charge in [-0.3, -0.25) is 14.0 Å². The molecule has 24 heavy (non-hydrogen) atoms. The molecule has 0 fully saturated rings. The Morgan fingerprint density at radius 1 is 1.33 bits per heavy atom. The number of benzene rings is 1. The normalized spacial score (nSPS) is 11.0. The van der Waals surface area contributed by atoms with Crippen molar-refractivity contribution >= 4 is 27.9 Å². The van der Waals surface area contributed by atoms with E-state index in [-0.39, 0.29) is 11.4 Å². The largest absolute Gasteiger partial charge is 0.316 e. The number of hydrogen-bond donors (Lipinski definition) is 1. The van der Waals surface area contributed by atoms with Gasteiger partial charge in [-0.25, -0.2) is 13.8 Å². The number of fused-ring (bicyclic) bond motifs is 1. The number of aromatic nitrogens is 2. The molecule has 5 nitrogen and oxygen atoms in total. The average Bonchev–Trinajstić information content (AvgIpc) is 2.94. The summed E-state index contributed by atoms with van der Waals surface area (Å²) in [5, 5.41) is 4.11. The Bertz CT molecular complexity index is 990. The van der Waals surface area contributed by atoms with Gasteiger partial charge in [-0.2, -0.15) is 0 Å². The highest BCUT2D eigenvalue weighted by Gasteiger charge is 2.21. The smallest absolute Gasteiger partial charge is 0.282 e. The van der Waals surface area contributed by atoms with Crippen LogP contribution in [0.1, 0.15) is 28.7 Å². The Labute approximate surface area is 139 Å². The van der Waals surface area contributed by atoms with E-state index in [0.717, 1.165) is 23.9 Å². The van der Waals surface area contributed by atoms with Crippen LogP contribution in [0.15, 0.2) is 28.4 Å². The van der Waals surface area contributed by atoms with Gasteiger partial charge in [0.1, 0.15) is 22.9 Å². The zero-order valence-corrected chi connectivity index (χ0v) is 13.7. The third kappa shape index (κ3) is 2.58. The maximum Gasteiger partial charge on any atom is 0.282 e. The number of aryl methyl sites for hydroxylation is 2. The van der Waals surface area contributed by atoms with E-state index < -0.39 is 28.7 Å². The van der Waals surface area contributed by atoms with E-state index in [1.54, 1.807) is 6.92 Å². The lowest BCUT2D eigenvalue weighted by atomic mass is 10.2. The molecular formula is C16H13F2N3O2S. The molecular weight excluding hydrogens is 336 g/mol. The summed E-state index contributed by atoms with van der Waals surface area (Å²) >= 11 is 1.31. The molecule has 0 bridgehead atoms. The van der Waals surface area contributed by atoms with Gasteiger partial charge in [-0.05, 0) is 25.5 Å². The minimum atomic E-state index is -1.03. The van der Waals surface area contributed by atoms with Crippen LogP contribution in [0, 0.1) is 18.6 Å². The maximum atomic E-state index is 13.7. The van der Waals surface area contributed by atoms with Crippen LogP contribution in [0.3, 0.4) is 0 Å². The van der Waals surface area contributed by atoms with Gasteiger partial charge in [-0.15, -0.1) is 11.3 Å². The number of anilines is 1. The summed E-state index contributed by atoms with van der Waals surface area (Å²) in [6.45, 7) is 3.45. The summed E-state index contributed by atoms with van der Waals surface area (Å²) in [6.07, 6.45) is 0.611. The Balaban J connectivity index is 2.10. The van der Waals surface area contributed by atoms with Crippen molar-refractivity contribution in [3.8, 4) is 0 Å². The first-order valence-electron chi connectivity index (χ1n) is 7.19. The number of thiazole rings is 1. The van der Waals surface area contributed by atoms with Crippen LogP contribution < -0.4 is 10.9 Å². The monoisotopic (exact) mass is 349 g/mol. The SMILES string of the molecule is CCc1csc2nc(C)c(NC(=O)c3c(F)cccc3F)c(=O)n12. The predicted octanol–water partition coefficient (Wildman–Crippen LogP) is 3.16. The van der Waals surface area contributed by atoms with Crippen molar-refractivity contribution in [3.05, 3.63) is 62.5 Å². The minimum absolute atomic E-state index is 0.0896. The molecule has 3 aromatic rings. The lowest BCUT2D eigenvalue weighted by Gasteiger charge is -2.09. The molecule has 0 saturated carbocycles. The first-order chi connectivity index (χ1) is 11.4. The standard InChI is InChI=1S/C16H13F2N3O2S/c1-3-9-7-24-16-19-8(2)13(15(23)21(9)16)20-14(22)12-10(17)5-4-6-11(12)18/h4-7H,3H2,1-2H3,(H,20,22). The molecule has 0 aliphatic heterocycles. The molecule has 0 spiro atoms. The summed E-state index contributed by atoms with van der Waals surface area (Å²) in [5.41, 5.74) is -0.258. The van der Waals surface area contributed by atoms with Crippen molar-refractivity contribution in [1.29, 1.82) is 0 Å². The van der Waals surface area contributed by atoms with E-state index in [1.165, 1.54) is 15.7 Å². The minimum Gasteiger partial charge on any atom is -0.316 e. The molecule has 124 valence electrons. The highest BCUT2D eigenvalue weighted by Crippen LogP contribution is 2.19. The van der Waals surface area contributed by atoms with Gasteiger partial charge >= 0.3 is 0 Å². The van der Waals surface area contributed by atoms with E-state index in [9.17, 15) is 18.4 Å². The van der Waals surface area contributed by atoms with Crippen LogP contribution in [-0.4, -0.2) is 15.3 Å². The molecule has 0 atom stereocenters. The molecule has 3 rings (SSSR count). The second-order valence-corrected chi connectivity index (χ2v) is 5.96. The number of nitrogens with one attached hydrogen (secondary N) is 1. The molecule has 1 amide bonds. The van der Waals surface area contributed by atoms with E-state index in [0.29, 0.717) is 11.4 Å². The fraction of sp³-hybridized carbons (Fsp3) is 0.188. The van der Waals surface area contributed by atoms with Crippen molar-refractivity contribution < 1.29 is 13.6 Å². The summed E-state index contributed by atoms with van der Waals surface area (Å²) < 4.78 is 28.9. The van der Waals surface area contributed by atoms with Crippen LogP contribution >= 0.6 is 11.3 Å². The quantitative estimate of drug-likeness (QED) is 0.790. The molecule has 0 aliphatic carbocycles. The third-order valence-corrected chi connectivity index (χ3v) is 4.49. The molecule has 0 saturated heterocycles. The second-order valence-electron chi connectivity index (χ2n) is 5.13. The molecule has 0 aliphatic rings. The molecule has 2 aromatic heterocycles. The highest BCUT2D eigenvalue weighted by atomic mass is 32.1. The first kappa shape index (κ1) is 16.3. The average molecular weight is 349 g/mol. The zero-order chi connectivity index (χ0) is 17.4. The fourth-order valence-corrected chi connectivity index (χ4v) is 3.39. The summed E-state index contributed by atoms with van der Waals surface area (Å²) in [6, 6.07) is 3.12. The van der Waals surface area contributed by atoms with Gasteiger partial charge in [0.2, 0.25) is 0 Å². The van der Waals surface area contributed by atoms with E-state index in [1.807, 2.05) is 12.3 Å². The number of carbonyl (C=O) groups excluding carboxylic acids is 1. The molecule has 0 unspecified atom stereocenters. The summed E-state index contributed by atoms with van der Waals surface area (Å²) in [7, 11) is 0. The van der Waals surface area contributed by atoms with Crippen molar-refractivity contribution in [3.63, 3.8) is 0 Å². The number of nitrogens with zero attached hydrogens (tertiary/aromatic N) is 2. The van der Waals surface area contributed by atoms with Gasteiger partial charge in [-0.1, -0.05) is 13.0 Å². The topological polar surface area (TPSA) is 63.5 Å². The molecule has 0 radical (unpaired) electrons. The highest BCUT2D eigenvalue weighted by molar-refractivity contribution is 7.15. The Morgan fingerprint density at radius 3 is 2.62 bits per heavy atom. The van der Waals surface area contributed by atoms with Gasteiger partial charge in [0.25, 0.3) is 11.5 Å². The fourth-order valence-electron chi connectivity index (χ4n) is 2.38. The van der Waals surface area contributed by atoms with Crippen LogP contribution in [0.5, 0.6) is 0 Å². The Kier molecular flexibility index (Phi) is 4.15. The van der Waals surface area contributed by atoms with E-state index in [2.05, 4.69) is 10.3 Å². The van der Waals surface area contributed by atoms with Crippen LogP contribution in [-0.2, 0) is 6.42 Å². The van der Waals surface area contributed by atoms with Crippen molar-refractivity contribution in [2.75, 3.05) is 5.32 Å². The zero-order valence-electron chi connectivity index (χ0n) is 12.9. The maximum absolute atomic E-state index is 13.7. The van der Waals surface area contributed by atoms with Crippen molar-refractivity contribution in [2.24, 2.45) is 0 Å². The van der Waals surface area contributed by atoms with Crippen LogP contribution in [0.25, 0.3) is 4.96 Å². The molecule has 1 N–H and O–H groups in total. The number of rotatable bonds is 3. The third-order valence-electron chi connectivity index (χ3n) is 3.61. The number of carbonyl (C=O) groups is 1. The lowest BCUT2D eigenvalue weighted by Crippen LogP contribution is -2.26. The molecule has 2 heterocycles. The van der Waals surface area contributed by atoms with Crippen LogP contribution in [0.2, 0.25) is 0 Å². The van der Waals surface area contributed by atoms with Crippen molar-refractivity contribution in [2.45, 2.75) is 20.3 Å². The predicted molar refractivity (Wildman–Crippen MR) is 87.8 cm³/mol. The second kappa shape index (κ2) is 6.12. The Morgan fingerprint density at radius 2 is 2.00 bits per heavy atom. The van der Waals surface area contributed by atoms with E-state index >= 15 is 0 Å². The number of halogens is 2. The number of hydrogen-bond acceptors (Lipinski definition) is 4. The Hall–Kier alpha value is -2.61. The van der Waals surface area contributed by atoms with Crippen molar-refractivity contribution in [1.82, 2.24) is 9.38 Å². The summed E-state index contributed by atoms with van der Waals surface area (Å²) in [4.78, 5) is 29.7. The van der Waals surface area contributed by atoms with Gasteiger partial charge in [0, 0.05) is 11.1 Å². The van der Waals surface area contributed by atoms with Gasteiger partial charge in [0.05, 0.1) is 5.69 Å². The van der Waals surface area contributed by atoms with Crippen LogP contribution in [0.4, 0.5) is 14.5 Å². The van der Waals surface area contributed by atoms with Gasteiger partial charge in [0.15, 0.2) is 4.96 Å². The summed E-state index contributed by atoms with van der Waals surface area (Å²) in [5.74, 6) is -3.02.